The van der Waals surface area contributed by atoms with Crippen LogP contribution in [-0.4, -0.2) is 25.2 Å². The van der Waals surface area contributed by atoms with E-state index in [4.69, 9.17) is 9.26 Å². The third-order valence-electron chi connectivity index (χ3n) is 3.09. The topological polar surface area (TPSA) is 94.3 Å². The number of nitrogens with one attached hydrogen (secondary N) is 1. The van der Waals surface area contributed by atoms with Gasteiger partial charge in [-0.1, -0.05) is 25.1 Å². The van der Waals surface area contributed by atoms with E-state index in [2.05, 4.69) is 14.9 Å². The van der Waals surface area contributed by atoms with Gasteiger partial charge in [-0.2, -0.15) is 4.98 Å². The first-order valence-corrected chi connectivity index (χ1v) is 8.87. The Morgan fingerprint density at radius 1 is 1.35 bits per heavy atom. The van der Waals surface area contributed by atoms with Gasteiger partial charge in [0.25, 0.3) is 0 Å². The molecule has 1 N–H and O–H groups in total. The van der Waals surface area contributed by atoms with Crippen LogP contribution in [-0.2, 0) is 16.6 Å². The van der Waals surface area contributed by atoms with E-state index in [1.165, 1.54) is 0 Å². The molecule has 0 atom stereocenters. The van der Waals surface area contributed by atoms with Crippen molar-refractivity contribution in [3.8, 4) is 5.75 Å². The fourth-order valence-electron chi connectivity index (χ4n) is 1.91. The zero-order valence-electron chi connectivity index (χ0n) is 13.7. The van der Waals surface area contributed by atoms with Gasteiger partial charge in [0.2, 0.25) is 15.9 Å². The highest BCUT2D eigenvalue weighted by Crippen LogP contribution is 2.25. The number of aryl methyl sites for hydroxylation is 1. The maximum Gasteiger partial charge on any atom is 0.244 e. The van der Waals surface area contributed by atoms with Crippen molar-refractivity contribution < 1.29 is 17.7 Å². The van der Waals surface area contributed by atoms with E-state index in [1.807, 2.05) is 20.8 Å². The van der Waals surface area contributed by atoms with Gasteiger partial charge in [-0.15, -0.1) is 0 Å². The third-order valence-corrected chi connectivity index (χ3v) is 4.51. The highest BCUT2D eigenvalue weighted by Gasteiger charge is 2.21. The molecule has 2 aromatic rings. The predicted octanol–water partition coefficient (Wildman–Crippen LogP) is 2.38. The smallest absolute Gasteiger partial charge is 0.244 e. The molecule has 23 heavy (non-hydrogen) atoms. The molecule has 126 valence electrons. The van der Waals surface area contributed by atoms with Crippen molar-refractivity contribution in [2.45, 2.75) is 45.1 Å². The summed E-state index contributed by atoms with van der Waals surface area (Å²) < 4.78 is 38.0. The Labute approximate surface area is 136 Å². The summed E-state index contributed by atoms with van der Waals surface area (Å²) in [7, 11) is -3.74. The van der Waals surface area contributed by atoms with Crippen LogP contribution in [0.3, 0.4) is 0 Å². The van der Waals surface area contributed by atoms with Gasteiger partial charge in [-0.3, -0.25) is 0 Å². The second kappa shape index (κ2) is 7.10. The van der Waals surface area contributed by atoms with Crippen molar-refractivity contribution in [1.82, 2.24) is 14.9 Å². The van der Waals surface area contributed by atoms with Crippen LogP contribution in [0.15, 0.2) is 27.6 Å². The molecule has 2 rings (SSSR count). The zero-order chi connectivity index (χ0) is 17.0. The Kier molecular flexibility index (Phi) is 5.38. The second-order valence-corrected chi connectivity index (χ2v) is 7.15. The van der Waals surface area contributed by atoms with Crippen LogP contribution >= 0.6 is 0 Å². The first-order valence-electron chi connectivity index (χ1n) is 7.39. The van der Waals surface area contributed by atoms with Gasteiger partial charge in [0.05, 0.1) is 13.2 Å². The van der Waals surface area contributed by atoms with E-state index in [0.29, 0.717) is 24.1 Å². The lowest BCUT2D eigenvalue weighted by molar-refractivity contribution is 0.331. The van der Waals surface area contributed by atoms with E-state index < -0.39 is 10.0 Å². The molecule has 0 radical (unpaired) electrons. The molecule has 0 spiro atoms. The molecule has 7 nitrogen and oxygen atoms in total. The molecular weight excluding hydrogens is 318 g/mol. The van der Waals surface area contributed by atoms with Gasteiger partial charge in [-0.05, 0) is 31.5 Å². The summed E-state index contributed by atoms with van der Waals surface area (Å²) in [6, 6.07) is 5.03. The minimum absolute atomic E-state index is 0.0436. The van der Waals surface area contributed by atoms with Crippen molar-refractivity contribution in [1.29, 1.82) is 0 Å². The summed E-state index contributed by atoms with van der Waals surface area (Å²) in [5.74, 6) is 1.18. The molecule has 0 fully saturated rings. The number of rotatable bonds is 7. The zero-order valence-corrected chi connectivity index (χ0v) is 14.5. The number of benzene rings is 1. The Morgan fingerprint density at radius 2 is 2.09 bits per heavy atom. The summed E-state index contributed by atoms with van der Waals surface area (Å²) in [6.45, 7) is 7.80. The van der Waals surface area contributed by atoms with Crippen LogP contribution in [0.25, 0.3) is 0 Å². The number of hydrogen-bond acceptors (Lipinski definition) is 6. The lowest BCUT2D eigenvalue weighted by Crippen LogP contribution is -2.24. The first kappa shape index (κ1) is 17.4. The van der Waals surface area contributed by atoms with Crippen LogP contribution in [0.4, 0.5) is 0 Å². The monoisotopic (exact) mass is 339 g/mol. The average molecular weight is 339 g/mol. The summed E-state index contributed by atoms with van der Waals surface area (Å²) in [5, 5.41) is 3.77. The molecule has 0 aliphatic heterocycles. The van der Waals surface area contributed by atoms with Crippen LogP contribution < -0.4 is 9.46 Å². The van der Waals surface area contributed by atoms with Crippen LogP contribution in [0, 0.1) is 6.92 Å². The van der Waals surface area contributed by atoms with Gasteiger partial charge in [0.1, 0.15) is 10.6 Å². The van der Waals surface area contributed by atoms with Crippen molar-refractivity contribution in [2.75, 3.05) is 6.61 Å². The molecular formula is C15H21N3O4S. The van der Waals surface area contributed by atoms with Gasteiger partial charge in [-0.25, -0.2) is 13.1 Å². The molecule has 0 saturated carbocycles. The summed E-state index contributed by atoms with van der Waals surface area (Å²) in [6.07, 6.45) is 0. The molecule has 0 amide bonds. The highest BCUT2D eigenvalue weighted by atomic mass is 32.2. The molecule has 0 unspecified atom stereocenters. The van der Waals surface area contributed by atoms with Crippen LogP contribution in [0.2, 0.25) is 0 Å². The largest absolute Gasteiger partial charge is 0.492 e. The SMILES string of the molecule is CCOc1ccc(C)cc1S(=O)(=O)NCc1noc(C(C)C)n1. The standard InChI is InChI=1S/C15H21N3O4S/c1-5-21-12-7-6-11(4)8-13(12)23(19,20)16-9-14-17-15(10(2)3)22-18-14/h6-8,10,16H,5,9H2,1-4H3. The predicted molar refractivity (Wildman–Crippen MR) is 84.8 cm³/mol. The summed E-state index contributed by atoms with van der Waals surface area (Å²) in [4.78, 5) is 4.25. The maximum absolute atomic E-state index is 12.5. The van der Waals surface area contributed by atoms with Crippen molar-refractivity contribution in [3.05, 3.63) is 35.5 Å². The number of hydrogen-bond donors (Lipinski definition) is 1. The summed E-state index contributed by atoms with van der Waals surface area (Å²) >= 11 is 0. The first-order chi connectivity index (χ1) is 10.8. The van der Waals surface area contributed by atoms with Crippen LogP contribution in [0.1, 0.15) is 44.0 Å². The van der Waals surface area contributed by atoms with Crippen molar-refractivity contribution >= 4 is 10.0 Å². The van der Waals surface area contributed by atoms with Gasteiger partial charge < -0.3 is 9.26 Å². The van der Waals surface area contributed by atoms with E-state index in [1.54, 1.807) is 25.1 Å². The average Bonchev–Trinajstić information content (AvgIpc) is 2.96. The van der Waals surface area contributed by atoms with Crippen molar-refractivity contribution in [2.24, 2.45) is 0 Å². The van der Waals surface area contributed by atoms with E-state index in [0.717, 1.165) is 5.56 Å². The molecule has 1 aromatic heterocycles. The second-order valence-electron chi connectivity index (χ2n) is 5.41. The lowest BCUT2D eigenvalue weighted by Gasteiger charge is -2.12. The van der Waals surface area contributed by atoms with E-state index in [-0.39, 0.29) is 17.4 Å². The molecule has 1 heterocycles. The molecule has 0 aliphatic carbocycles. The highest BCUT2D eigenvalue weighted by molar-refractivity contribution is 7.89. The van der Waals surface area contributed by atoms with Gasteiger partial charge in [0.15, 0.2) is 5.82 Å². The Balaban J connectivity index is 2.19. The Morgan fingerprint density at radius 3 is 2.70 bits per heavy atom. The van der Waals surface area contributed by atoms with Gasteiger partial charge in [0, 0.05) is 5.92 Å². The Hall–Kier alpha value is -1.93. The fraction of sp³-hybridized carbons (Fsp3) is 0.467. The molecule has 1 aromatic carbocycles. The number of aromatic nitrogens is 2. The third kappa shape index (κ3) is 4.29. The minimum atomic E-state index is -3.74. The molecule has 0 bridgehead atoms. The number of sulfonamides is 1. The quantitative estimate of drug-likeness (QED) is 0.832. The van der Waals surface area contributed by atoms with E-state index >= 15 is 0 Å². The van der Waals surface area contributed by atoms with Gasteiger partial charge >= 0.3 is 0 Å². The van der Waals surface area contributed by atoms with Crippen LogP contribution in [0.5, 0.6) is 5.75 Å². The fourth-order valence-corrected chi connectivity index (χ4v) is 3.12. The normalized spacial score (nSPS) is 11.9. The van der Waals surface area contributed by atoms with Crippen molar-refractivity contribution in [3.63, 3.8) is 0 Å². The van der Waals surface area contributed by atoms with E-state index in [9.17, 15) is 8.42 Å². The molecule has 8 heteroatoms. The lowest BCUT2D eigenvalue weighted by atomic mass is 10.2. The molecule has 0 aliphatic rings. The summed E-state index contributed by atoms with van der Waals surface area (Å²) in [5.41, 5.74) is 0.829. The Bertz CT molecular complexity index is 769. The maximum atomic E-state index is 12.5. The number of ether oxygens (including phenoxy) is 1. The minimum Gasteiger partial charge on any atom is -0.492 e. The molecule has 0 saturated heterocycles. The number of nitrogens with zero attached hydrogens (tertiary/aromatic N) is 2.